The van der Waals surface area contributed by atoms with Gasteiger partial charge in [0.05, 0.1) is 30.2 Å². The highest BCUT2D eigenvalue weighted by Crippen LogP contribution is 2.28. The maximum Gasteiger partial charge on any atom is 0.310 e. The van der Waals surface area contributed by atoms with E-state index in [9.17, 15) is 24.1 Å². The third-order valence-corrected chi connectivity index (χ3v) is 3.30. The fourth-order valence-corrected chi connectivity index (χ4v) is 2.05. The Morgan fingerprint density at radius 2 is 1.88 bits per heavy atom. The van der Waals surface area contributed by atoms with Gasteiger partial charge in [0.25, 0.3) is 11.6 Å². The summed E-state index contributed by atoms with van der Waals surface area (Å²) < 4.78 is 22.6. The molecule has 0 spiro atoms. The summed E-state index contributed by atoms with van der Waals surface area (Å²) in [5.74, 6) is -1.60. The van der Waals surface area contributed by atoms with E-state index in [-0.39, 0.29) is 23.5 Å². The lowest BCUT2D eigenvalue weighted by molar-refractivity contribution is -0.384. The minimum atomic E-state index is -0.651. The maximum absolute atomic E-state index is 12.8. The monoisotopic (exact) mass is 362 g/mol. The molecule has 0 unspecified atom stereocenters. The summed E-state index contributed by atoms with van der Waals surface area (Å²) in [6.07, 6.45) is -0.103. The van der Waals surface area contributed by atoms with Gasteiger partial charge < -0.3 is 14.8 Å². The van der Waals surface area contributed by atoms with Crippen molar-refractivity contribution in [3.8, 4) is 5.75 Å². The van der Waals surface area contributed by atoms with E-state index in [0.717, 1.165) is 6.07 Å². The van der Waals surface area contributed by atoms with Crippen LogP contribution in [0, 0.1) is 15.9 Å². The number of nitrogens with one attached hydrogen (secondary N) is 1. The minimum absolute atomic E-state index is 0.102. The predicted octanol–water partition coefficient (Wildman–Crippen LogP) is 2.47. The Morgan fingerprint density at radius 1 is 1.19 bits per heavy atom. The molecule has 0 aliphatic heterocycles. The van der Waals surface area contributed by atoms with Crippen LogP contribution in [0.25, 0.3) is 0 Å². The number of methoxy groups -OCH3 is 1. The number of hydrogen-bond donors (Lipinski definition) is 1. The van der Waals surface area contributed by atoms with Crippen molar-refractivity contribution in [1.29, 1.82) is 0 Å². The number of rotatable bonds is 7. The van der Waals surface area contributed by atoms with Crippen molar-refractivity contribution in [3.63, 3.8) is 0 Å². The number of nitro groups is 1. The Morgan fingerprint density at radius 3 is 2.50 bits per heavy atom. The van der Waals surface area contributed by atoms with Gasteiger partial charge >= 0.3 is 5.97 Å². The molecule has 2 aromatic rings. The molecule has 0 atom stereocenters. The fraction of sp³-hybridized carbons (Fsp3) is 0.176. The van der Waals surface area contributed by atoms with Crippen molar-refractivity contribution in [3.05, 3.63) is 64.0 Å². The second kappa shape index (κ2) is 8.56. The largest absolute Gasteiger partial charge is 0.494 e. The third kappa shape index (κ3) is 5.26. The SMILES string of the molecule is COc1cc([N+](=O)[O-])ccc1NC(=O)COC(=O)Cc1ccc(F)cc1. The van der Waals surface area contributed by atoms with Gasteiger partial charge in [0.1, 0.15) is 11.6 Å². The number of nitro benzene ring substituents is 1. The molecule has 0 fully saturated rings. The number of ether oxygens (including phenoxy) is 2. The van der Waals surface area contributed by atoms with Crippen molar-refractivity contribution in [2.75, 3.05) is 19.0 Å². The number of nitrogens with zero attached hydrogens (tertiary/aromatic N) is 1. The Kier molecular flexibility index (Phi) is 6.20. The summed E-state index contributed by atoms with van der Waals surface area (Å²) in [5.41, 5.74) is 0.567. The van der Waals surface area contributed by atoms with Crippen LogP contribution in [-0.2, 0) is 20.7 Å². The molecule has 0 aromatic heterocycles. The molecule has 2 rings (SSSR count). The quantitative estimate of drug-likeness (QED) is 0.460. The van der Waals surface area contributed by atoms with E-state index in [1.807, 2.05) is 0 Å². The van der Waals surface area contributed by atoms with Gasteiger partial charge in [-0.15, -0.1) is 0 Å². The number of esters is 1. The normalized spacial score (nSPS) is 10.1. The van der Waals surface area contributed by atoms with Crippen LogP contribution in [0.1, 0.15) is 5.56 Å². The first-order chi connectivity index (χ1) is 12.4. The van der Waals surface area contributed by atoms with Crippen LogP contribution in [0.15, 0.2) is 42.5 Å². The number of amides is 1. The van der Waals surface area contributed by atoms with Gasteiger partial charge in [-0.05, 0) is 23.8 Å². The molecular formula is C17H15FN2O6. The molecule has 0 heterocycles. The van der Waals surface area contributed by atoms with Crippen LogP contribution in [0.5, 0.6) is 5.75 Å². The number of anilines is 1. The van der Waals surface area contributed by atoms with Crippen molar-refractivity contribution >= 4 is 23.3 Å². The van der Waals surface area contributed by atoms with Gasteiger partial charge in [0.15, 0.2) is 6.61 Å². The third-order valence-electron chi connectivity index (χ3n) is 3.30. The average molecular weight is 362 g/mol. The summed E-state index contributed by atoms with van der Waals surface area (Å²) >= 11 is 0. The highest BCUT2D eigenvalue weighted by Gasteiger charge is 2.14. The summed E-state index contributed by atoms with van der Waals surface area (Å²) in [5, 5.41) is 13.2. The lowest BCUT2D eigenvalue weighted by Crippen LogP contribution is -2.22. The maximum atomic E-state index is 12.8. The first-order valence-electron chi connectivity index (χ1n) is 7.41. The molecule has 0 saturated heterocycles. The van der Waals surface area contributed by atoms with Crippen LogP contribution in [0.2, 0.25) is 0 Å². The van der Waals surface area contributed by atoms with Gasteiger partial charge in [-0.3, -0.25) is 19.7 Å². The summed E-state index contributed by atoms with van der Waals surface area (Å²) in [4.78, 5) is 33.7. The molecule has 0 aliphatic carbocycles. The van der Waals surface area contributed by atoms with E-state index in [0.29, 0.717) is 5.56 Å². The lowest BCUT2D eigenvalue weighted by atomic mass is 10.1. The van der Waals surface area contributed by atoms with Gasteiger partial charge in [-0.1, -0.05) is 12.1 Å². The molecule has 26 heavy (non-hydrogen) atoms. The van der Waals surface area contributed by atoms with Crippen molar-refractivity contribution in [2.45, 2.75) is 6.42 Å². The summed E-state index contributed by atoms with van der Waals surface area (Å²) in [7, 11) is 1.30. The molecule has 0 radical (unpaired) electrons. The number of carbonyl (C=O) groups is 2. The number of halogens is 1. The minimum Gasteiger partial charge on any atom is -0.494 e. The highest BCUT2D eigenvalue weighted by molar-refractivity contribution is 5.94. The van der Waals surface area contributed by atoms with Crippen molar-refractivity contribution < 1.29 is 28.4 Å². The number of benzene rings is 2. The number of carbonyl (C=O) groups excluding carboxylic acids is 2. The highest BCUT2D eigenvalue weighted by atomic mass is 19.1. The molecule has 0 aliphatic rings. The topological polar surface area (TPSA) is 108 Å². The Bertz CT molecular complexity index is 823. The Balaban J connectivity index is 1.89. The molecule has 8 nitrogen and oxygen atoms in total. The van der Waals surface area contributed by atoms with Crippen LogP contribution in [0.4, 0.5) is 15.8 Å². The summed E-state index contributed by atoms with van der Waals surface area (Å²) in [6.45, 7) is -0.541. The summed E-state index contributed by atoms with van der Waals surface area (Å²) in [6, 6.07) is 9.01. The average Bonchev–Trinajstić information content (AvgIpc) is 2.62. The standard InChI is InChI=1S/C17H15FN2O6/c1-25-15-9-13(20(23)24)6-7-14(15)19-16(21)10-26-17(22)8-11-2-4-12(18)5-3-11/h2-7,9H,8,10H2,1H3,(H,19,21). The Hall–Kier alpha value is -3.49. The van der Waals surface area contributed by atoms with E-state index in [4.69, 9.17) is 9.47 Å². The second-order valence-corrected chi connectivity index (χ2v) is 5.15. The second-order valence-electron chi connectivity index (χ2n) is 5.15. The first kappa shape index (κ1) is 18.8. The van der Waals surface area contributed by atoms with E-state index < -0.39 is 29.2 Å². The molecule has 2 aromatic carbocycles. The van der Waals surface area contributed by atoms with Gasteiger partial charge in [0.2, 0.25) is 0 Å². The number of non-ortho nitro benzene ring substituents is 1. The zero-order chi connectivity index (χ0) is 19.1. The van der Waals surface area contributed by atoms with E-state index in [1.54, 1.807) is 0 Å². The van der Waals surface area contributed by atoms with Crippen LogP contribution >= 0.6 is 0 Å². The molecule has 0 bridgehead atoms. The van der Waals surface area contributed by atoms with Crippen LogP contribution in [0.3, 0.4) is 0 Å². The first-order valence-corrected chi connectivity index (χ1v) is 7.41. The zero-order valence-corrected chi connectivity index (χ0v) is 13.7. The molecule has 0 saturated carbocycles. The van der Waals surface area contributed by atoms with Crippen molar-refractivity contribution in [1.82, 2.24) is 0 Å². The molecular weight excluding hydrogens is 347 g/mol. The van der Waals surface area contributed by atoms with Gasteiger partial charge in [0, 0.05) is 6.07 Å². The predicted molar refractivity (Wildman–Crippen MR) is 89.3 cm³/mol. The van der Waals surface area contributed by atoms with Crippen LogP contribution < -0.4 is 10.1 Å². The van der Waals surface area contributed by atoms with Gasteiger partial charge in [-0.2, -0.15) is 0 Å². The van der Waals surface area contributed by atoms with E-state index in [2.05, 4.69) is 5.32 Å². The van der Waals surface area contributed by atoms with Crippen LogP contribution in [-0.4, -0.2) is 30.5 Å². The molecule has 1 N–H and O–H groups in total. The lowest BCUT2D eigenvalue weighted by Gasteiger charge is -2.10. The fourth-order valence-electron chi connectivity index (χ4n) is 2.05. The Labute approximate surface area is 147 Å². The molecule has 9 heteroatoms. The van der Waals surface area contributed by atoms with E-state index >= 15 is 0 Å². The van der Waals surface area contributed by atoms with E-state index in [1.165, 1.54) is 43.5 Å². The zero-order valence-electron chi connectivity index (χ0n) is 13.7. The number of hydrogen-bond acceptors (Lipinski definition) is 6. The smallest absolute Gasteiger partial charge is 0.310 e. The van der Waals surface area contributed by atoms with Gasteiger partial charge in [-0.25, -0.2) is 4.39 Å². The molecule has 1 amide bonds. The van der Waals surface area contributed by atoms with Crippen molar-refractivity contribution in [2.24, 2.45) is 0 Å². The molecule has 136 valence electrons.